The van der Waals surface area contributed by atoms with Crippen LogP contribution in [0.5, 0.6) is 0 Å². The van der Waals surface area contributed by atoms with E-state index in [0.29, 0.717) is 10.2 Å². The predicted octanol–water partition coefficient (Wildman–Crippen LogP) is 0.687. The third kappa shape index (κ3) is 3.23. The third-order valence-corrected chi connectivity index (χ3v) is 3.63. The Bertz CT molecular complexity index is 684. The topological polar surface area (TPSA) is 75.4 Å². The van der Waals surface area contributed by atoms with Gasteiger partial charge in [0.15, 0.2) is 0 Å². The molecule has 2 rings (SSSR count). The van der Waals surface area contributed by atoms with E-state index in [0.717, 1.165) is 0 Å². The molecule has 0 aliphatic heterocycles. The van der Waals surface area contributed by atoms with Gasteiger partial charge in [-0.05, 0) is 25.3 Å². The Kier molecular flexibility index (Phi) is 3.92. The van der Waals surface area contributed by atoms with E-state index in [-0.39, 0.29) is 24.6 Å². The molecule has 1 N–H and O–H groups in total. The van der Waals surface area contributed by atoms with E-state index in [1.807, 2.05) is 0 Å². The molecule has 0 radical (unpaired) electrons. The minimum atomic E-state index is -0.967. The molecule has 0 atom stereocenters. The van der Waals surface area contributed by atoms with Gasteiger partial charge < -0.3 is 10.0 Å². The van der Waals surface area contributed by atoms with Crippen molar-refractivity contribution < 1.29 is 9.90 Å². The summed E-state index contributed by atoms with van der Waals surface area (Å²) in [5, 5.41) is 12.0. The number of carbonyl (C=O) groups is 1. The average molecular weight is 295 g/mol. The highest BCUT2D eigenvalue weighted by molar-refractivity contribution is 7.16. The first-order chi connectivity index (χ1) is 9.28. The lowest BCUT2D eigenvalue weighted by Gasteiger charge is -2.25. The van der Waals surface area contributed by atoms with Gasteiger partial charge in [-0.3, -0.25) is 14.2 Å². The molecule has 0 aliphatic rings. The summed E-state index contributed by atoms with van der Waals surface area (Å²) in [4.78, 5) is 30.4. The molecule has 20 heavy (non-hydrogen) atoms. The normalized spacial score (nSPS) is 11.8. The van der Waals surface area contributed by atoms with E-state index < -0.39 is 5.60 Å². The molecule has 0 bridgehead atoms. The summed E-state index contributed by atoms with van der Waals surface area (Å²) in [6, 6.07) is 1.71. The SMILES string of the molecule is CN(CC(C)(C)O)C(=O)Cn1cnc2sccc2c1=O. The highest BCUT2D eigenvalue weighted by atomic mass is 32.1. The summed E-state index contributed by atoms with van der Waals surface area (Å²) in [5.74, 6) is -0.245. The Morgan fingerprint density at radius 3 is 2.90 bits per heavy atom. The summed E-state index contributed by atoms with van der Waals surface area (Å²) in [5.41, 5.74) is -1.19. The first-order valence-electron chi connectivity index (χ1n) is 6.17. The second-order valence-electron chi connectivity index (χ2n) is 5.38. The van der Waals surface area contributed by atoms with Crippen molar-refractivity contribution in [3.8, 4) is 0 Å². The van der Waals surface area contributed by atoms with Crippen molar-refractivity contribution in [2.45, 2.75) is 26.0 Å². The van der Waals surface area contributed by atoms with Crippen LogP contribution in [-0.2, 0) is 11.3 Å². The molecule has 0 aliphatic carbocycles. The molecule has 0 aromatic carbocycles. The molecule has 1 amide bonds. The molecule has 108 valence electrons. The van der Waals surface area contributed by atoms with Gasteiger partial charge in [0.1, 0.15) is 11.4 Å². The van der Waals surface area contributed by atoms with Crippen LogP contribution < -0.4 is 5.56 Å². The lowest BCUT2D eigenvalue weighted by Crippen LogP contribution is -2.42. The number of thiophene rings is 1. The van der Waals surface area contributed by atoms with E-state index in [2.05, 4.69) is 4.98 Å². The van der Waals surface area contributed by atoms with Crippen molar-refractivity contribution in [1.82, 2.24) is 14.5 Å². The van der Waals surface area contributed by atoms with Gasteiger partial charge in [-0.25, -0.2) is 4.98 Å². The molecule has 2 aromatic heterocycles. The van der Waals surface area contributed by atoms with Crippen molar-refractivity contribution in [2.75, 3.05) is 13.6 Å². The van der Waals surface area contributed by atoms with Gasteiger partial charge in [0, 0.05) is 13.6 Å². The van der Waals surface area contributed by atoms with Crippen LogP contribution in [0.2, 0.25) is 0 Å². The highest BCUT2D eigenvalue weighted by Crippen LogP contribution is 2.13. The van der Waals surface area contributed by atoms with Gasteiger partial charge in [-0.1, -0.05) is 0 Å². The summed E-state index contributed by atoms with van der Waals surface area (Å²) >= 11 is 1.39. The predicted molar refractivity (Wildman–Crippen MR) is 77.8 cm³/mol. The first-order valence-corrected chi connectivity index (χ1v) is 7.05. The molecule has 6 nitrogen and oxygen atoms in total. The van der Waals surface area contributed by atoms with Crippen molar-refractivity contribution in [3.05, 3.63) is 28.1 Å². The quantitative estimate of drug-likeness (QED) is 0.900. The number of likely N-dealkylation sites (N-methyl/N-ethyl adjacent to an activating group) is 1. The van der Waals surface area contributed by atoms with Crippen molar-refractivity contribution >= 4 is 27.5 Å². The number of amides is 1. The van der Waals surface area contributed by atoms with Crippen molar-refractivity contribution in [3.63, 3.8) is 0 Å². The lowest BCUT2D eigenvalue weighted by molar-refractivity contribution is -0.133. The number of hydrogen-bond acceptors (Lipinski definition) is 5. The van der Waals surface area contributed by atoms with Gasteiger partial charge >= 0.3 is 0 Å². The average Bonchev–Trinajstić information content (AvgIpc) is 2.79. The van der Waals surface area contributed by atoms with Gasteiger partial charge in [-0.2, -0.15) is 0 Å². The largest absolute Gasteiger partial charge is 0.389 e. The van der Waals surface area contributed by atoms with E-state index in [1.165, 1.54) is 27.1 Å². The maximum absolute atomic E-state index is 12.1. The van der Waals surface area contributed by atoms with Crippen LogP contribution in [0.1, 0.15) is 13.8 Å². The van der Waals surface area contributed by atoms with E-state index in [9.17, 15) is 14.7 Å². The molecule has 0 fully saturated rings. The second-order valence-corrected chi connectivity index (χ2v) is 6.27. The summed E-state index contributed by atoms with van der Waals surface area (Å²) in [6.07, 6.45) is 1.39. The Morgan fingerprint density at radius 1 is 1.55 bits per heavy atom. The fourth-order valence-corrected chi connectivity index (χ4v) is 2.66. The number of fused-ring (bicyclic) bond motifs is 1. The van der Waals surface area contributed by atoms with E-state index in [1.54, 1.807) is 32.3 Å². The summed E-state index contributed by atoms with van der Waals surface area (Å²) in [6.45, 7) is 3.38. The monoisotopic (exact) mass is 295 g/mol. The van der Waals surface area contributed by atoms with Gasteiger partial charge in [0.05, 0.1) is 17.3 Å². The van der Waals surface area contributed by atoms with Gasteiger partial charge in [0.2, 0.25) is 5.91 Å². The van der Waals surface area contributed by atoms with Crippen molar-refractivity contribution in [1.29, 1.82) is 0 Å². The van der Waals surface area contributed by atoms with Gasteiger partial charge in [0.25, 0.3) is 5.56 Å². The van der Waals surface area contributed by atoms with Crippen LogP contribution in [-0.4, -0.2) is 44.7 Å². The zero-order valence-corrected chi connectivity index (χ0v) is 12.5. The lowest BCUT2D eigenvalue weighted by atomic mass is 10.1. The second kappa shape index (κ2) is 5.34. The Hall–Kier alpha value is -1.73. The Morgan fingerprint density at radius 2 is 2.25 bits per heavy atom. The molecule has 0 unspecified atom stereocenters. The molecule has 0 saturated heterocycles. The molecule has 0 spiro atoms. The fourth-order valence-electron chi connectivity index (χ4n) is 1.94. The number of hydrogen-bond donors (Lipinski definition) is 1. The number of rotatable bonds is 4. The van der Waals surface area contributed by atoms with Crippen LogP contribution in [0.4, 0.5) is 0 Å². The van der Waals surface area contributed by atoms with Crippen LogP contribution in [0.3, 0.4) is 0 Å². The number of carbonyl (C=O) groups excluding carboxylic acids is 1. The zero-order valence-electron chi connectivity index (χ0n) is 11.7. The van der Waals surface area contributed by atoms with Crippen LogP contribution in [0, 0.1) is 0 Å². The Balaban J connectivity index is 2.18. The van der Waals surface area contributed by atoms with Crippen LogP contribution in [0.25, 0.3) is 10.2 Å². The molecule has 2 heterocycles. The smallest absolute Gasteiger partial charge is 0.262 e. The van der Waals surface area contributed by atoms with Crippen LogP contribution >= 0.6 is 11.3 Å². The minimum absolute atomic E-state index is 0.0792. The standard InChI is InChI=1S/C13H17N3O3S/c1-13(2,19)7-15(3)10(17)6-16-8-14-11-9(12(16)18)4-5-20-11/h4-5,8,19H,6-7H2,1-3H3. The van der Waals surface area contributed by atoms with Crippen molar-refractivity contribution in [2.24, 2.45) is 0 Å². The summed E-state index contributed by atoms with van der Waals surface area (Å²) < 4.78 is 1.29. The van der Waals surface area contributed by atoms with Gasteiger partial charge in [-0.15, -0.1) is 11.3 Å². The number of nitrogens with zero attached hydrogens (tertiary/aromatic N) is 3. The third-order valence-electron chi connectivity index (χ3n) is 2.81. The maximum Gasteiger partial charge on any atom is 0.262 e. The zero-order chi connectivity index (χ0) is 14.9. The van der Waals surface area contributed by atoms with E-state index >= 15 is 0 Å². The summed E-state index contributed by atoms with van der Waals surface area (Å²) in [7, 11) is 1.60. The molecular weight excluding hydrogens is 278 g/mol. The highest BCUT2D eigenvalue weighted by Gasteiger charge is 2.20. The maximum atomic E-state index is 12.1. The van der Waals surface area contributed by atoms with Crippen LogP contribution in [0.15, 0.2) is 22.6 Å². The molecule has 7 heteroatoms. The Labute approximate surface area is 120 Å². The fraction of sp³-hybridized carbons (Fsp3) is 0.462. The number of aliphatic hydroxyl groups is 1. The molecule has 0 saturated carbocycles. The first kappa shape index (κ1) is 14.7. The molecular formula is C13H17N3O3S. The minimum Gasteiger partial charge on any atom is -0.389 e. The number of aromatic nitrogens is 2. The molecule has 2 aromatic rings. The van der Waals surface area contributed by atoms with E-state index in [4.69, 9.17) is 0 Å².